The van der Waals surface area contributed by atoms with Crippen LogP contribution in [-0.2, 0) is 23.1 Å². The lowest BCUT2D eigenvalue weighted by Gasteiger charge is -2.08. The number of nitrogen functional groups attached to an aromatic ring is 1. The molecule has 0 fully saturated rings. The van der Waals surface area contributed by atoms with Crippen LogP contribution in [0.4, 0.5) is 5.69 Å². The Hall–Kier alpha value is -0.850. The molecule has 1 aromatic heterocycles. The summed E-state index contributed by atoms with van der Waals surface area (Å²) in [5.74, 6) is 0.300. The molecule has 0 bridgehead atoms. The molecule has 1 aromatic carbocycles. The van der Waals surface area contributed by atoms with Gasteiger partial charge in [-0.2, -0.15) is 5.10 Å². The Morgan fingerprint density at radius 3 is 2.85 bits per heavy atom. The van der Waals surface area contributed by atoms with E-state index in [9.17, 15) is 4.21 Å². The molecule has 0 saturated heterocycles. The number of nitrogens with zero attached hydrogens (tertiary/aromatic N) is 2. The average molecular weight is 377 g/mol. The minimum atomic E-state index is -1.27. The summed E-state index contributed by atoms with van der Waals surface area (Å²) in [5, 5.41) is 4.90. The molecule has 1 unspecified atom stereocenters. The van der Waals surface area contributed by atoms with E-state index in [1.165, 1.54) is 0 Å². The maximum atomic E-state index is 12.5. The molecule has 0 aliphatic rings. The standard InChI is InChI=1S/C13H15BrClN3OS/c1-3-18-11(13(15)8(2)17-18)7-20(19)12-6-9(14)4-5-10(12)16/h4-6H,3,7,16H2,1-2H3. The average Bonchev–Trinajstić information content (AvgIpc) is 2.69. The molecular formula is C13H15BrClN3OS. The maximum absolute atomic E-state index is 12.5. The Bertz CT molecular complexity index is 672. The van der Waals surface area contributed by atoms with Gasteiger partial charge in [-0.1, -0.05) is 27.5 Å². The molecule has 0 spiro atoms. The van der Waals surface area contributed by atoms with Crippen LogP contribution in [0.1, 0.15) is 18.3 Å². The summed E-state index contributed by atoms with van der Waals surface area (Å²) in [4.78, 5) is 0.608. The first-order valence-electron chi connectivity index (χ1n) is 6.09. The molecule has 0 aliphatic carbocycles. The summed E-state index contributed by atoms with van der Waals surface area (Å²) in [6, 6.07) is 5.34. The molecule has 0 saturated carbocycles. The van der Waals surface area contributed by atoms with Crippen molar-refractivity contribution in [2.45, 2.75) is 31.0 Å². The van der Waals surface area contributed by atoms with E-state index in [1.54, 1.807) is 16.8 Å². The molecule has 2 rings (SSSR count). The van der Waals surface area contributed by atoms with Crippen molar-refractivity contribution in [1.82, 2.24) is 9.78 Å². The fraction of sp³-hybridized carbons (Fsp3) is 0.308. The third-order valence-corrected chi connectivity index (χ3v) is 5.31. The topological polar surface area (TPSA) is 60.9 Å². The van der Waals surface area contributed by atoms with E-state index in [0.717, 1.165) is 15.9 Å². The number of hydrogen-bond donors (Lipinski definition) is 1. The highest BCUT2D eigenvalue weighted by Gasteiger charge is 2.17. The van der Waals surface area contributed by atoms with Crippen LogP contribution in [0.25, 0.3) is 0 Å². The number of hydrogen-bond acceptors (Lipinski definition) is 3. The third-order valence-electron chi connectivity index (χ3n) is 2.94. The minimum Gasteiger partial charge on any atom is -0.398 e. The summed E-state index contributed by atoms with van der Waals surface area (Å²) in [6.07, 6.45) is 0. The van der Waals surface area contributed by atoms with E-state index in [4.69, 9.17) is 17.3 Å². The van der Waals surface area contributed by atoms with Crippen molar-refractivity contribution >= 4 is 44.0 Å². The van der Waals surface area contributed by atoms with Crippen LogP contribution in [0.5, 0.6) is 0 Å². The fourth-order valence-corrected chi connectivity index (χ4v) is 3.99. The number of nitrogens with two attached hydrogens (primary N) is 1. The van der Waals surface area contributed by atoms with Crippen LogP contribution in [0.2, 0.25) is 5.02 Å². The quantitative estimate of drug-likeness (QED) is 0.831. The fourth-order valence-electron chi connectivity index (χ4n) is 1.91. The second-order valence-corrected chi connectivity index (χ2v) is 7.05. The molecule has 1 heterocycles. The van der Waals surface area contributed by atoms with Gasteiger partial charge in [-0.25, -0.2) is 0 Å². The molecule has 2 N–H and O–H groups in total. The van der Waals surface area contributed by atoms with Gasteiger partial charge >= 0.3 is 0 Å². The van der Waals surface area contributed by atoms with Gasteiger partial charge < -0.3 is 5.73 Å². The van der Waals surface area contributed by atoms with Crippen LogP contribution in [0.15, 0.2) is 27.6 Å². The van der Waals surface area contributed by atoms with Gasteiger partial charge in [0.25, 0.3) is 0 Å². The van der Waals surface area contributed by atoms with Gasteiger partial charge in [0, 0.05) is 16.7 Å². The van der Waals surface area contributed by atoms with Crippen molar-refractivity contribution in [2.24, 2.45) is 0 Å². The predicted octanol–water partition coefficient (Wildman–Crippen LogP) is 3.52. The monoisotopic (exact) mass is 375 g/mol. The molecule has 20 heavy (non-hydrogen) atoms. The highest BCUT2D eigenvalue weighted by atomic mass is 79.9. The Kier molecular flexibility index (Phi) is 4.88. The zero-order chi connectivity index (χ0) is 14.9. The summed E-state index contributed by atoms with van der Waals surface area (Å²) in [5.41, 5.74) is 7.94. The normalized spacial score (nSPS) is 12.6. The molecule has 0 aliphatic heterocycles. The Labute approximate surface area is 133 Å². The van der Waals surface area contributed by atoms with E-state index in [2.05, 4.69) is 21.0 Å². The second-order valence-electron chi connectivity index (χ2n) is 4.33. The van der Waals surface area contributed by atoms with E-state index < -0.39 is 10.8 Å². The molecule has 1 atom stereocenters. The zero-order valence-corrected chi connectivity index (χ0v) is 14.3. The lowest BCUT2D eigenvalue weighted by atomic mass is 10.3. The number of halogens is 2. The number of benzene rings is 1. The Balaban J connectivity index is 2.35. The first kappa shape index (κ1) is 15.5. The van der Waals surface area contributed by atoms with Crippen molar-refractivity contribution in [3.05, 3.63) is 39.1 Å². The van der Waals surface area contributed by atoms with Gasteiger partial charge in [-0.15, -0.1) is 0 Å². The number of anilines is 1. The number of rotatable bonds is 4. The molecule has 0 radical (unpaired) electrons. The van der Waals surface area contributed by atoms with Gasteiger partial charge in [0.2, 0.25) is 0 Å². The van der Waals surface area contributed by atoms with E-state index in [0.29, 0.717) is 27.9 Å². The number of aromatic nitrogens is 2. The van der Waals surface area contributed by atoms with Crippen molar-refractivity contribution in [1.29, 1.82) is 0 Å². The van der Waals surface area contributed by atoms with Crippen LogP contribution < -0.4 is 5.73 Å². The predicted molar refractivity (Wildman–Crippen MR) is 86.3 cm³/mol. The summed E-state index contributed by atoms with van der Waals surface area (Å²) in [6.45, 7) is 4.51. The molecule has 4 nitrogen and oxygen atoms in total. The minimum absolute atomic E-state index is 0.300. The van der Waals surface area contributed by atoms with E-state index >= 15 is 0 Å². The van der Waals surface area contributed by atoms with Gasteiger partial charge in [-0.05, 0) is 32.0 Å². The lowest BCUT2D eigenvalue weighted by Crippen LogP contribution is -2.07. The van der Waals surface area contributed by atoms with E-state index in [-0.39, 0.29) is 0 Å². The van der Waals surface area contributed by atoms with Crippen LogP contribution in [-0.4, -0.2) is 14.0 Å². The molecule has 2 aromatic rings. The Morgan fingerprint density at radius 2 is 2.20 bits per heavy atom. The van der Waals surface area contributed by atoms with Gasteiger partial charge in [-0.3, -0.25) is 8.89 Å². The second kappa shape index (κ2) is 6.28. The first-order valence-corrected chi connectivity index (χ1v) is 8.58. The molecule has 7 heteroatoms. The van der Waals surface area contributed by atoms with Crippen molar-refractivity contribution in [2.75, 3.05) is 5.73 Å². The van der Waals surface area contributed by atoms with Crippen molar-refractivity contribution in [3.63, 3.8) is 0 Å². The Morgan fingerprint density at radius 1 is 1.50 bits per heavy atom. The first-order chi connectivity index (χ1) is 9.43. The molecule has 0 amide bonds. The summed E-state index contributed by atoms with van der Waals surface area (Å²) < 4.78 is 15.2. The molecule has 108 valence electrons. The van der Waals surface area contributed by atoms with Crippen molar-refractivity contribution < 1.29 is 4.21 Å². The number of aryl methyl sites for hydroxylation is 2. The van der Waals surface area contributed by atoms with Gasteiger partial charge in [0.1, 0.15) is 0 Å². The van der Waals surface area contributed by atoms with Crippen molar-refractivity contribution in [3.8, 4) is 0 Å². The SMILES string of the molecule is CCn1nc(C)c(Cl)c1CS(=O)c1cc(Br)ccc1N. The highest BCUT2D eigenvalue weighted by molar-refractivity contribution is 9.10. The summed E-state index contributed by atoms with van der Waals surface area (Å²) in [7, 11) is -1.27. The largest absolute Gasteiger partial charge is 0.398 e. The maximum Gasteiger partial charge on any atom is 0.0856 e. The van der Waals surface area contributed by atoms with Gasteiger partial charge in [0.15, 0.2) is 0 Å². The molecular weight excluding hydrogens is 362 g/mol. The zero-order valence-electron chi connectivity index (χ0n) is 11.2. The highest BCUT2D eigenvalue weighted by Crippen LogP contribution is 2.27. The van der Waals surface area contributed by atoms with E-state index in [1.807, 2.05) is 19.9 Å². The lowest BCUT2D eigenvalue weighted by molar-refractivity contribution is 0.627. The van der Waals surface area contributed by atoms with Crippen LogP contribution in [0, 0.1) is 6.92 Å². The third kappa shape index (κ3) is 3.07. The summed E-state index contributed by atoms with van der Waals surface area (Å²) >= 11 is 9.60. The van der Waals surface area contributed by atoms with Gasteiger partial charge in [0.05, 0.1) is 37.9 Å². The van der Waals surface area contributed by atoms with Crippen LogP contribution in [0.3, 0.4) is 0 Å². The smallest absolute Gasteiger partial charge is 0.0856 e. The van der Waals surface area contributed by atoms with Crippen LogP contribution >= 0.6 is 27.5 Å².